The molecule has 2 aromatic rings. The summed E-state index contributed by atoms with van der Waals surface area (Å²) < 4.78 is 13.9. The number of amides is 1. The Morgan fingerprint density at radius 2 is 2.05 bits per heavy atom. The van der Waals surface area contributed by atoms with Gasteiger partial charge < -0.3 is 10.6 Å². The lowest BCUT2D eigenvalue weighted by atomic mass is 10.1. The summed E-state index contributed by atoms with van der Waals surface area (Å²) in [4.78, 5) is 15.1. The summed E-state index contributed by atoms with van der Waals surface area (Å²) in [6, 6.07) is 12.0. The average Bonchev–Trinajstić information content (AvgIpc) is 2.46. The number of nitrogens with two attached hydrogens (primary N) is 1. The molecule has 1 heterocycles. The van der Waals surface area contributed by atoms with E-state index >= 15 is 0 Å². The zero-order valence-electron chi connectivity index (χ0n) is 11.5. The lowest BCUT2D eigenvalue weighted by Crippen LogP contribution is -2.39. The molecule has 5 heteroatoms. The van der Waals surface area contributed by atoms with Crippen LogP contribution in [0.3, 0.4) is 0 Å². The Kier molecular flexibility index (Phi) is 3.59. The van der Waals surface area contributed by atoms with E-state index in [1.54, 1.807) is 29.2 Å². The number of hydrogen-bond donors (Lipinski definition) is 1. The van der Waals surface area contributed by atoms with Gasteiger partial charge in [-0.1, -0.05) is 18.2 Å². The van der Waals surface area contributed by atoms with Gasteiger partial charge in [-0.05, 0) is 31.2 Å². The van der Waals surface area contributed by atoms with E-state index in [1.165, 1.54) is 17.8 Å². The van der Waals surface area contributed by atoms with Gasteiger partial charge in [0.25, 0.3) is 0 Å². The number of carbonyl (C=O) groups excluding carboxylic acids is 1. The van der Waals surface area contributed by atoms with Gasteiger partial charge in [0.05, 0.1) is 17.5 Å². The first-order valence-electron chi connectivity index (χ1n) is 6.67. The molecular formula is C16H15FN2OS. The van der Waals surface area contributed by atoms with Crippen molar-refractivity contribution < 1.29 is 9.18 Å². The summed E-state index contributed by atoms with van der Waals surface area (Å²) in [5.41, 5.74) is 7.67. The van der Waals surface area contributed by atoms with E-state index in [0.717, 1.165) is 10.6 Å². The number of halogens is 1. The fourth-order valence-corrected chi connectivity index (χ4v) is 3.43. The van der Waals surface area contributed by atoms with Crippen molar-refractivity contribution >= 4 is 29.0 Å². The predicted octanol–water partition coefficient (Wildman–Crippen LogP) is 3.44. The van der Waals surface area contributed by atoms with Crippen LogP contribution in [0.15, 0.2) is 47.4 Å². The summed E-state index contributed by atoms with van der Waals surface area (Å²) >= 11 is 1.51. The van der Waals surface area contributed by atoms with Crippen LogP contribution in [-0.4, -0.2) is 11.2 Å². The molecular weight excluding hydrogens is 287 g/mol. The molecule has 0 saturated carbocycles. The van der Waals surface area contributed by atoms with Crippen LogP contribution >= 0.6 is 11.8 Å². The monoisotopic (exact) mass is 302 g/mol. The molecule has 3 nitrogen and oxygen atoms in total. The standard InChI is InChI=1S/C16H15FN2OS/c1-10-16(20)19(9-11-4-2-3-5-13(11)17)14-8-12(18)6-7-15(14)21-10/h2-8,10H,9,18H2,1H3. The predicted molar refractivity (Wildman–Crippen MR) is 83.8 cm³/mol. The first-order chi connectivity index (χ1) is 10.1. The van der Waals surface area contributed by atoms with Gasteiger partial charge in [-0.15, -0.1) is 11.8 Å². The van der Waals surface area contributed by atoms with E-state index in [1.807, 2.05) is 19.1 Å². The maximum atomic E-state index is 13.9. The number of thioether (sulfide) groups is 1. The highest BCUT2D eigenvalue weighted by atomic mass is 32.2. The molecule has 0 spiro atoms. The molecule has 0 saturated heterocycles. The lowest BCUT2D eigenvalue weighted by molar-refractivity contribution is -0.118. The number of benzene rings is 2. The van der Waals surface area contributed by atoms with Crippen molar-refractivity contribution in [2.24, 2.45) is 0 Å². The molecule has 2 aromatic carbocycles. The van der Waals surface area contributed by atoms with Gasteiger partial charge in [-0.3, -0.25) is 4.79 Å². The summed E-state index contributed by atoms with van der Waals surface area (Å²) in [6.45, 7) is 2.08. The number of rotatable bonds is 2. The number of hydrogen-bond acceptors (Lipinski definition) is 3. The topological polar surface area (TPSA) is 46.3 Å². The summed E-state index contributed by atoms with van der Waals surface area (Å²) in [5, 5.41) is -0.187. The van der Waals surface area contributed by atoms with Gasteiger partial charge in [-0.2, -0.15) is 0 Å². The Bertz CT molecular complexity index is 704. The molecule has 1 amide bonds. The Hall–Kier alpha value is -2.01. The smallest absolute Gasteiger partial charge is 0.240 e. The SMILES string of the molecule is CC1Sc2ccc(N)cc2N(Cc2ccccc2F)C1=O. The summed E-state index contributed by atoms with van der Waals surface area (Å²) in [6.07, 6.45) is 0. The van der Waals surface area contributed by atoms with Crippen molar-refractivity contribution in [3.8, 4) is 0 Å². The van der Waals surface area contributed by atoms with E-state index in [9.17, 15) is 9.18 Å². The highest BCUT2D eigenvalue weighted by molar-refractivity contribution is 8.00. The number of anilines is 2. The molecule has 3 rings (SSSR count). The largest absolute Gasteiger partial charge is 0.399 e. The fraction of sp³-hybridized carbons (Fsp3) is 0.188. The average molecular weight is 302 g/mol. The lowest BCUT2D eigenvalue weighted by Gasteiger charge is -2.32. The molecule has 21 heavy (non-hydrogen) atoms. The molecule has 2 N–H and O–H groups in total. The van der Waals surface area contributed by atoms with Crippen LogP contribution < -0.4 is 10.6 Å². The highest BCUT2D eigenvalue weighted by Crippen LogP contribution is 2.40. The molecule has 108 valence electrons. The molecule has 0 fully saturated rings. The van der Waals surface area contributed by atoms with Crippen LogP contribution in [-0.2, 0) is 11.3 Å². The molecule has 1 atom stereocenters. The van der Waals surface area contributed by atoms with Crippen LogP contribution in [0.5, 0.6) is 0 Å². The number of fused-ring (bicyclic) bond motifs is 1. The number of nitrogen functional groups attached to an aromatic ring is 1. The maximum absolute atomic E-state index is 13.9. The van der Waals surface area contributed by atoms with Crippen LogP contribution in [0.1, 0.15) is 12.5 Å². The molecule has 0 radical (unpaired) electrons. The zero-order chi connectivity index (χ0) is 15.0. The molecule has 1 unspecified atom stereocenters. The second-order valence-corrected chi connectivity index (χ2v) is 6.39. The van der Waals surface area contributed by atoms with Gasteiger partial charge in [0.1, 0.15) is 5.82 Å². The van der Waals surface area contributed by atoms with Crippen molar-refractivity contribution in [3.63, 3.8) is 0 Å². The highest BCUT2D eigenvalue weighted by Gasteiger charge is 2.31. The van der Waals surface area contributed by atoms with Crippen molar-refractivity contribution in [1.82, 2.24) is 0 Å². The second-order valence-electron chi connectivity index (χ2n) is 5.00. The van der Waals surface area contributed by atoms with Crippen LogP contribution in [0.2, 0.25) is 0 Å². The van der Waals surface area contributed by atoms with Crippen molar-refractivity contribution in [2.45, 2.75) is 23.6 Å². The van der Waals surface area contributed by atoms with Gasteiger partial charge in [0, 0.05) is 16.1 Å². The first-order valence-corrected chi connectivity index (χ1v) is 7.55. The minimum absolute atomic E-state index is 0.0265. The van der Waals surface area contributed by atoms with Crippen molar-refractivity contribution in [2.75, 3.05) is 10.6 Å². The van der Waals surface area contributed by atoms with Crippen LogP contribution in [0.4, 0.5) is 15.8 Å². The molecule has 0 aromatic heterocycles. The second kappa shape index (κ2) is 5.41. The normalized spacial score (nSPS) is 17.7. The summed E-state index contributed by atoms with van der Waals surface area (Å²) in [7, 11) is 0. The van der Waals surface area contributed by atoms with E-state index in [4.69, 9.17) is 5.73 Å². The Morgan fingerprint density at radius 3 is 2.81 bits per heavy atom. The van der Waals surface area contributed by atoms with E-state index in [0.29, 0.717) is 11.3 Å². The molecule has 0 bridgehead atoms. The first kappa shape index (κ1) is 13.9. The van der Waals surface area contributed by atoms with Crippen molar-refractivity contribution in [1.29, 1.82) is 0 Å². The Morgan fingerprint density at radius 1 is 1.29 bits per heavy atom. The van der Waals surface area contributed by atoms with Gasteiger partial charge >= 0.3 is 0 Å². The van der Waals surface area contributed by atoms with E-state index < -0.39 is 0 Å². The van der Waals surface area contributed by atoms with E-state index in [2.05, 4.69) is 0 Å². The fourth-order valence-electron chi connectivity index (χ4n) is 2.38. The third-order valence-electron chi connectivity index (χ3n) is 3.48. The van der Waals surface area contributed by atoms with Gasteiger partial charge in [-0.25, -0.2) is 4.39 Å². The number of carbonyl (C=O) groups is 1. The minimum atomic E-state index is -0.304. The van der Waals surface area contributed by atoms with Gasteiger partial charge in [0.15, 0.2) is 0 Å². The van der Waals surface area contributed by atoms with Crippen molar-refractivity contribution in [3.05, 3.63) is 53.8 Å². The van der Waals surface area contributed by atoms with Crippen LogP contribution in [0, 0.1) is 5.82 Å². The van der Waals surface area contributed by atoms with E-state index in [-0.39, 0.29) is 23.5 Å². The molecule has 1 aliphatic heterocycles. The summed E-state index contributed by atoms with van der Waals surface area (Å²) in [5.74, 6) is -0.331. The Balaban J connectivity index is 2.03. The third-order valence-corrected chi connectivity index (χ3v) is 4.63. The van der Waals surface area contributed by atoms with Crippen LogP contribution in [0.25, 0.3) is 0 Å². The zero-order valence-corrected chi connectivity index (χ0v) is 12.4. The molecule has 0 aliphatic carbocycles. The third kappa shape index (κ3) is 2.61. The minimum Gasteiger partial charge on any atom is -0.399 e. The maximum Gasteiger partial charge on any atom is 0.240 e. The number of nitrogens with zero attached hydrogens (tertiary/aromatic N) is 1. The van der Waals surface area contributed by atoms with Gasteiger partial charge in [0.2, 0.25) is 5.91 Å². The Labute approximate surface area is 126 Å². The molecule has 1 aliphatic rings. The quantitative estimate of drug-likeness (QED) is 0.864.